The molecule has 126 valence electrons. The van der Waals surface area contributed by atoms with E-state index in [0.29, 0.717) is 6.54 Å². The van der Waals surface area contributed by atoms with E-state index < -0.39 is 0 Å². The van der Waals surface area contributed by atoms with Gasteiger partial charge in [-0.3, -0.25) is 9.48 Å². The predicted molar refractivity (Wildman–Crippen MR) is 98.8 cm³/mol. The minimum absolute atomic E-state index is 0.0668. The van der Waals surface area contributed by atoms with Gasteiger partial charge in [0.2, 0.25) is 0 Å². The van der Waals surface area contributed by atoms with E-state index in [4.69, 9.17) is 0 Å². The highest BCUT2D eigenvalue weighted by molar-refractivity contribution is 7.20. The standard InChI is InChI=1S/C18H22N4OS/c1-13-15-11-16(17(23)21(3)10-9-19-2)24-18(15)22(20-13)12-14-7-5-4-6-8-14/h4-8,11,19H,9-10,12H2,1-3H3. The van der Waals surface area contributed by atoms with Gasteiger partial charge in [0.15, 0.2) is 0 Å². The molecule has 0 bridgehead atoms. The van der Waals surface area contributed by atoms with Crippen molar-refractivity contribution in [1.29, 1.82) is 0 Å². The lowest BCUT2D eigenvalue weighted by Gasteiger charge is -2.15. The molecule has 0 saturated heterocycles. The molecule has 0 fully saturated rings. The Balaban J connectivity index is 1.88. The molecular weight excluding hydrogens is 320 g/mol. The van der Waals surface area contributed by atoms with E-state index in [1.165, 1.54) is 16.9 Å². The van der Waals surface area contributed by atoms with Crippen LogP contribution in [0.3, 0.4) is 0 Å². The number of nitrogens with one attached hydrogen (secondary N) is 1. The van der Waals surface area contributed by atoms with Gasteiger partial charge in [0.05, 0.1) is 17.1 Å². The Morgan fingerprint density at radius 3 is 2.79 bits per heavy atom. The van der Waals surface area contributed by atoms with Crippen LogP contribution in [0.15, 0.2) is 36.4 Å². The molecule has 5 nitrogen and oxygen atoms in total. The van der Waals surface area contributed by atoms with Crippen LogP contribution in [0.5, 0.6) is 0 Å². The van der Waals surface area contributed by atoms with Crippen molar-refractivity contribution in [2.24, 2.45) is 0 Å². The number of hydrogen-bond acceptors (Lipinski definition) is 4. The zero-order valence-corrected chi connectivity index (χ0v) is 15.1. The molecule has 6 heteroatoms. The van der Waals surface area contributed by atoms with Gasteiger partial charge in [0, 0.05) is 25.5 Å². The Bertz CT molecular complexity index is 837. The van der Waals surface area contributed by atoms with Crippen LogP contribution < -0.4 is 5.32 Å². The molecule has 0 radical (unpaired) electrons. The number of carbonyl (C=O) groups is 1. The SMILES string of the molecule is CNCCN(C)C(=O)c1cc2c(C)nn(Cc3ccccc3)c2s1. The molecule has 24 heavy (non-hydrogen) atoms. The number of rotatable bonds is 6. The number of hydrogen-bond donors (Lipinski definition) is 1. The molecule has 1 aromatic carbocycles. The fourth-order valence-corrected chi connectivity index (χ4v) is 3.81. The third-order valence-corrected chi connectivity index (χ3v) is 5.17. The number of aryl methyl sites for hydroxylation is 1. The van der Waals surface area contributed by atoms with Gasteiger partial charge < -0.3 is 10.2 Å². The summed E-state index contributed by atoms with van der Waals surface area (Å²) >= 11 is 1.52. The fraction of sp³-hybridized carbons (Fsp3) is 0.333. The molecule has 0 saturated carbocycles. The number of fused-ring (bicyclic) bond motifs is 1. The van der Waals surface area contributed by atoms with Gasteiger partial charge in [-0.15, -0.1) is 11.3 Å². The van der Waals surface area contributed by atoms with Crippen molar-refractivity contribution in [3.63, 3.8) is 0 Å². The first-order valence-electron chi connectivity index (χ1n) is 8.01. The zero-order chi connectivity index (χ0) is 17.1. The van der Waals surface area contributed by atoms with Crippen molar-refractivity contribution in [3.05, 3.63) is 52.5 Å². The average Bonchev–Trinajstić information content (AvgIpc) is 3.15. The number of likely N-dealkylation sites (N-methyl/N-ethyl adjacent to an activating group) is 2. The van der Waals surface area contributed by atoms with Gasteiger partial charge in [0.1, 0.15) is 4.83 Å². The lowest BCUT2D eigenvalue weighted by Crippen LogP contribution is -2.32. The monoisotopic (exact) mass is 342 g/mol. The molecule has 0 aliphatic carbocycles. The summed E-state index contributed by atoms with van der Waals surface area (Å²) in [5.41, 5.74) is 2.17. The number of aromatic nitrogens is 2. The quantitative estimate of drug-likeness (QED) is 0.749. The van der Waals surface area contributed by atoms with Gasteiger partial charge in [-0.05, 0) is 25.6 Å². The first-order chi connectivity index (χ1) is 11.6. The lowest BCUT2D eigenvalue weighted by molar-refractivity contribution is 0.0801. The number of benzene rings is 1. The van der Waals surface area contributed by atoms with Crippen molar-refractivity contribution in [3.8, 4) is 0 Å². The zero-order valence-electron chi connectivity index (χ0n) is 14.2. The van der Waals surface area contributed by atoms with Crippen LogP contribution in [-0.4, -0.2) is 47.8 Å². The molecule has 0 unspecified atom stereocenters. The Hall–Kier alpha value is -2.18. The number of amides is 1. The summed E-state index contributed by atoms with van der Waals surface area (Å²) in [5.74, 6) is 0.0668. The smallest absolute Gasteiger partial charge is 0.263 e. The lowest BCUT2D eigenvalue weighted by atomic mass is 10.2. The van der Waals surface area contributed by atoms with Gasteiger partial charge in [-0.2, -0.15) is 5.10 Å². The molecule has 2 aromatic heterocycles. The summed E-state index contributed by atoms with van der Waals surface area (Å²) in [4.78, 5) is 16.2. The summed E-state index contributed by atoms with van der Waals surface area (Å²) in [6.07, 6.45) is 0. The second kappa shape index (κ2) is 7.15. The average molecular weight is 342 g/mol. The Kier molecular flexibility index (Phi) is 4.97. The highest BCUT2D eigenvalue weighted by atomic mass is 32.1. The van der Waals surface area contributed by atoms with Crippen molar-refractivity contribution in [2.45, 2.75) is 13.5 Å². The molecule has 0 aliphatic rings. The van der Waals surface area contributed by atoms with E-state index in [1.54, 1.807) is 4.90 Å². The first kappa shape index (κ1) is 16.7. The van der Waals surface area contributed by atoms with Crippen molar-refractivity contribution < 1.29 is 4.79 Å². The second-order valence-corrected chi connectivity index (χ2v) is 6.92. The van der Waals surface area contributed by atoms with Crippen LogP contribution in [0.1, 0.15) is 20.9 Å². The third-order valence-electron chi connectivity index (χ3n) is 4.04. The maximum atomic E-state index is 12.6. The fourth-order valence-electron chi connectivity index (χ4n) is 2.65. The van der Waals surface area contributed by atoms with Crippen molar-refractivity contribution >= 4 is 27.5 Å². The van der Waals surface area contributed by atoms with Crippen LogP contribution in [-0.2, 0) is 6.54 Å². The summed E-state index contributed by atoms with van der Waals surface area (Å²) in [6, 6.07) is 12.2. The van der Waals surface area contributed by atoms with Crippen LogP contribution in [0.25, 0.3) is 10.2 Å². The van der Waals surface area contributed by atoms with Gasteiger partial charge >= 0.3 is 0 Å². The highest BCUT2D eigenvalue weighted by Crippen LogP contribution is 2.29. The Morgan fingerprint density at radius 1 is 1.33 bits per heavy atom. The van der Waals surface area contributed by atoms with E-state index in [2.05, 4.69) is 22.5 Å². The van der Waals surface area contributed by atoms with E-state index in [-0.39, 0.29) is 5.91 Å². The molecule has 0 aliphatic heterocycles. The molecular formula is C18H22N4OS. The van der Waals surface area contributed by atoms with Gasteiger partial charge in [-0.1, -0.05) is 30.3 Å². The van der Waals surface area contributed by atoms with Gasteiger partial charge in [0.25, 0.3) is 5.91 Å². The van der Waals surface area contributed by atoms with Crippen LogP contribution in [0.2, 0.25) is 0 Å². The topological polar surface area (TPSA) is 50.2 Å². The second-order valence-electron chi connectivity index (χ2n) is 5.89. The Morgan fingerprint density at radius 2 is 2.08 bits per heavy atom. The normalized spacial score (nSPS) is 11.1. The maximum Gasteiger partial charge on any atom is 0.263 e. The molecule has 2 heterocycles. The number of carbonyl (C=O) groups excluding carboxylic acids is 1. The molecule has 3 aromatic rings. The summed E-state index contributed by atoms with van der Waals surface area (Å²) < 4.78 is 2.00. The summed E-state index contributed by atoms with van der Waals surface area (Å²) in [5, 5.41) is 8.77. The molecule has 1 amide bonds. The molecule has 0 atom stereocenters. The summed E-state index contributed by atoms with van der Waals surface area (Å²) in [6.45, 7) is 4.19. The molecule has 3 rings (SSSR count). The van der Waals surface area contributed by atoms with Crippen LogP contribution >= 0.6 is 11.3 Å². The maximum absolute atomic E-state index is 12.6. The van der Waals surface area contributed by atoms with Gasteiger partial charge in [-0.25, -0.2) is 0 Å². The van der Waals surface area contributed by atoms with E-state index in [9.17, 15) is 4.79 Å². The van der Waals surface area contributed by atoms with Crippen LogP contribution in [0.4, 0.5) is 0 Å². The molecule has 0 spiro atoms. The van der Waals surface area contributed by atoms with E-state index in [0.717, 1.165) is 33.9 Å². The Labute approximate surface area is 145 Å². The minimum Gasteiger partial charge on any atom is -0.340 e. The van der Waals surface area contributed by atoms with E-state index in [1.807, 2.05) is 50.0 Å². The van der Waals surface area contributed by atoms with Crippen molar-refractivity contribution in [2.75, 3.05) is 27.2 Å². The summed E-state index contributed by atoms with van der Waals surface area (Å²) in [7, 11) is 3.73. The highest BCUT2D eigenvalue weighted by Gasteiger charge is 2.18. The van der Waals surface area contributed by atoms with Crippen LogP contribution in [0, 0.1) is 6.92 Å². The minimum atomic E-state index is 0.0668. The predicted octanol–water partition coefficient (Wildman–Crippen LogP) is 2.75. The third kappa shape index (κ3) is 3.34. The molecule has 1 N–H and O–H groups in total. The van der Waals surface area contributed by atoms with E-state index >= 15 is 0 Å². The largest absolute Gasteiger partial charge is 0.340 e. The number of thiophene rings is 1. The first-order valence-corrected chi connectivity index (χ1v) is 8.82. The van der Waals surface area contributed by atoms with Crippen molar-refractivity contribution in [1.82, 2.24) is 20.0 Å². The number of nitrogens with zero attached hydrogens (tertiary/aromatic N) is 3.